The van der Waals surface area contributed by atoms with Crippen LogP contribution in [0.4, 0.5) is 0 Å². The van der Waals surface area contributed by atoms with E-state index in [4.69, 9.17) is 9.52 Å². The smallest absolute Gasteiger partial charge is 0.371 e. The minimum atomic E-state index is -3.39. The number of aromatic carboxylic acids is 1. The van der Waals surface area contributed by atoms with Crippen LogP contribution in [-0.4, -0.2) is 66.6 Å². The van der Waals surface area contributed by atoms with Crippen molar-refractivity contribution in [3.8, 4) is 0 Å². The van der Waals surface area contributed by atoms with Gasteiger partial charge < -0.3 is 14.8 Å². The number of carbonyl (C=O) groups is 2. The van der Waals surface area contributed by atoms with Gasteiger partial charge >= 0.3 is 5.97 Å². The Morgan fingerprint density at radius 3 is 2.50 bits per heavy atom. The molecule has 2 rings (SSSR count). The van der Waals surface area contributed by atoms with E-state index in [1.807, 2.05) is 0 Å². The summed E-state index contributed by atoms with van der Waals surface area (Å²) in [6.45, 7) is 0.913. The Bertz CT molecular complexity index is 648. The van der Waals surface area contributed by atoms with Crippen LogP contribution in [0.5, 0.6) is 0 Å². The van der Waals surface area contributed by atoms with Crippen LogP contribution in [0, 0.1) is 0 Å². The Morgan fingerprint density at radius 1 is 1.27 bits per heavy atom. The molecule has 0 aliphatic carbocycles. The van der Waals surface area contributed by atoms with Gasteiger partial charge in [0, 0.05) is 31.1 Å². The van der Waals surface area contributed by atoms with Crippen LogP contribution in [0.25, 0.3) is 0 Å². The Kier molecular flexibility index (Phi) is 5.48. The van der Waals surface area contributed by atoms with Gasteiger partial charge in [0.1, 0.15) is 0 Å². The fourth-order valence-corrected chi connectivity index (χ4v) is 4.40. The van der Waals surface area contributed by atoms with Gasteiger partial charge in [-0.1, -0.05) is 0 Å². The number of sulfonamides is 1. The standard InChI is InChI=1S/C12H16N2O6S2/c15-11(9-1-2-10(20-9)12(16)17)13-3-8-22(18,19)14-4-6-21-7-5-14/h1-2H,3-8H2,(H,13,15)(H,16,17). The van der Waals surface area contributed by atoms with E-state index in [1.165, 1.54) is 16.4 Å². The summed E-state index contributed by atoms with van der Waals surface area (Å²) in [5.74, 6) is -1.07. The quantitative estimate of drug-likeness (QED) is 0.748. The van der Waals surface area contributed by atoms with Crippen LogP contribution in [0.2, 0.25) is 0 Å². The molecule has 1 amide bonds. The average molecular weight is 348 g/mol. The summed E-state index contributed by atoms with van der Waals surface area (Å²) >= 11 is 1.71. The molecule has 2 heterocycles. The summed E-state index contributed by atoms with van der Waals surface area (Å²) in [4.78, 5) is 22.4. The normalized spacial score (nSPS) is 16.4. The molecule has 0 radical (unpaired) electrons. The number of thioether (sulfide) groups is 1. The summed E-state index contributed by atoms with van der Waals surface area (Å²) in [6, 6.07) is 2.40. The zero-order chi connectivity index (χ0) is 16.2. The molecule has 22 heavy (non-hydrogen) atoms. The molecule has 0 spiro atoms. The van der Waals surface area contributed by atoms with E-state index in [2.05, 4.69) is 5.32 Å². The highest BCUT2D eigenvalue weighted by Crippen LogP contribution is 2.13. The predicted octanol–water partition coefficient (Wildman–Crippen LogP) is 0.0862. The first kappa shape index (κ1) is 16.8. The number of carboxylic acids is 1. The molecule has 8 nitrogen and oxygen atoms in total. The monoisotopic (exact) mass is 348 g/mol. The topological polar surface area (TPSA) is 117 Å². The first-order valence-corrected chi connectivity index (χ1v) is 9.33. The van der Waals surface area contributed by atoms with E-state index in [0.717, 1.165) is 11.5 Å². The van der Waals surface area contributed by atoms with Gasteiger partial charge in [-0.3, -0.25) is 4.79 Å². The van der Waals surface area contributed by atoms with Gasteiger partial charge in [0.25, 0.3) is 5.91 Å². The molecule has 1 aliphatic rings. The molecule has 1 saturated heterocycles. The van der Waals surface area contributed by atoms with Crippen LogP contribution in [0.3, 0.4) is 0 Å². The van der Waals surface area contributed by atoms with Crippen molar-refractivity contribution >= 4 is 33.7 Å². The van der Waals surface area contributed by atoms with Gasteiger partial charge in [-0.15, -0.1) is 0 Å². The Balaban J connectivity index is 1.84. The van der Waals surface area contributed by atoms with Gasteiger partial charge in [-0.2, -0.15) is 11.8 Å². The second kappa shape index (κ2) is 7.16. The number of nitrogens with zero attached hydrogens (tertiary/aromatic N) is 1. The molecule has 2 N–H and O–H groups in total. The number of nitrogens with one attached hydrogen (secondary N) is 1. The van der Waals surface area contributed by atoms with E-state index in [9.17, 15) is 18.0 Å². The van der Waals surface area contributed by atoms with Crippen LogP contribution < -0.4 is 5.32 Å². The number of hydrogen-bond acceptors (Lipinski definition) is 6. The molecular weight excluding hydrogens is 332 g/mol. The van der Waals surface area contributed by atoms with E-state index < -0.39 is 21.9 Å². The van der Waals surface area contributed by atoms with Crippen LogP contribution in [0.15, 0.2) is 16.5 Å². The lowest BCUT2D eigenvalue weighted by Crippen LogP contribution is -2.41. The molecular formula is C12H16N2O6S2. The fourth-order valence-electron chi connectivity index (χ4n) is 1.91. The zero-order valence-electron chi connectivity index (χ0n) is 11.6. The van der Waals surface area contributed by atoms with Crippen molar-refractivity contribution in [2.45, 2.75) is 0 Å². The second-order valence-electron chi connectivity index (χ2n) is 4.55. The molecule has 122 valence electrons. The van der Waals surface area contributed by atoms with Crippen molar-refractivity contribution in [1.82, 2.24) is 9.62 Å². The second-order valence-corrected chi connectivity index (χ2v) is 7.87. The van der Waals surface area contributed by atoms with Crippen molar-refractivity contribution in [1.29, 1.82) is 0 Å². The molecule has 1 aromatic heterocycles. The SMILES string of the molecule is O=C(O)c1ccc(C(=O)NCCS(=O)(=O)N2CCSCC2)o1. The lowest BCUT2D eigenvalue weighted by molar-refractivity contribution is 0.0659. The van der Waals surface area contributed by atoms with Gasteiger partial charge in [-0.25, -0.2) is 17.5 Å². The third-order valence-electron chi connectivity index (χ3n) is 3.05. The molecule has 0 bridgehead atoms. The highest BCUT2D eigenvalue weighted by atomic mass is 32.2. The molecule has 10 heteroatoms. The van der Waals surface area contributed by atoms with Crippen LogP contribution >= 0.6 is 11.8 Å². The van der Waals surface area contributed by atoms with E-state index in [0.29, 0.717) is 13.1 Å². The van der Waals surface area contributed by atoms with Crippen molar-refractivity contribution < 1.29 is 27.5 Å². The molecule has 0 saturated carbocycles. The number of amides is 1. The lowest BCUT2D eigenvalue weighted by Gasteiger charge is -2.25. The average Bonchev–Trinajstić information content (AvgIpc) is 2.98. The van der Waals surface area contributed by atoms with Crippen LogP contribution in [0.1, 0.15) is 21.1 Å². The third-order valence-corrected chi connectivity index (χ3v) is 5.86. The van der Waals surface area contributed by atoms with Crippen molar-refractivity contribution in [2.24, 2.45) is 0 Å². The minimum Gasteiger partial charge on any atom is -0.475 e. The summed E-state index contributed by atoms with van der Waals surface area (Å²) in [5, 5.41) is 11.1. The predicted molar refractivity (Wildman–Crippen MR) is 80.7 cm³/mol. The Morgan fingerprint density at radius 2 is 1.91 bits per heavy atom. The van der Waals surface area contributed by atoms with Crippen molar-refractivity contribution in [3.05, 3.63) is 23.7 Å². The number of furan rings is 1. The van der Waals surface area contributed by atoms with E-state index >= 15 is 0 Å². The maximum atomic E-state index is 12.1. The highest BCUT2D eigenvalue weighted by molar-refractivity contribution is 7.99. The highest BCUT2D eigenvalue weighted by Gasteiger charge is 2.24. The molecule has 1 aliphatic heterocycles. The summed E-state index contributed by atoms with van der Waals surface area (Å²) in [7, 11) is -3.39. The first-order chi connectivity index (χ1) is 10.4. The maximum absolute atomic E-state index is 12.1. The zero-order valence-corrected chi connectivity index (χ0v) is 13.3. The van der Waals surface area contributed by atoms with E-state index in [-0.39, 0.29) is 23.8 Å². The first-order valence-electron chi connectivity index (χ1n) is 6.57. The van der Waals surface area contributed by atoms with Crippen molar-refractivity contribution in [2.75, 3.05) is 36.9 Å². The van der Waals surface area contributed by atoms with E-state index in [1.54, 1.807) is 11.8 Å². The van der Waals surface area contributed by atoms with Gasteiger partial charge in [0.15, 0.2) is 5.76 Å². The van der Waals surface area contributed by atoms with Crippen molar-refractivity contribution in [3.63, 3.8) is 0 Å². The Hall–Kier alpha value is -1.52. The largest absolute Gasteiger partial charge is 0.475 e. The number of carboxylic acid groups (broad SMARTS) is 1. The maximum Gasteiger partial charge on any atom is 0.371 e. The number of hydrogen-bond donors (Lipinski definition) is 2. The van der Waals surface area contributed by atoms with Gasteiger partial charge in [-0.05, 0) is 12.1 Å². The lowest BCUT2D eigenvalue weighted by atomic mass is 10.4. The summed E-state index contributed by atoms with van der Waals surface area (Å²) in [5.41, 5.74) is 0. The molecule has 1 aromatic rings. The van der Waals surface area contributed by atoms with Crippen LogP contribution in [-0.2, 0) is 10.0 Å². The number of carbonyl (C=O) groups excluding carboxylic acids is 1. The third kappa shape index (κ3) is 4.24. The van der Waals surface area contributed by atoms with Gasteiger partial charge in [0.2, 0.25) is 15.8 Å². The Labute approximate surface area is 131 Å². The molecule has 1 fully saturated rings. The number of rotatable bonds is 6. The van der Waals surface area contributed by atoms with Gasteiger partial charge in [0.05, 0.1) is 5.75 Å². The molecule has 0 atom stereocenters. The molecule has 0 unspecified atom stereocenters. The summed E-state index contributed by atoms with van der Waals surface area (Å²) < 4.78 is 30.4. The fraction of sp³-hybridized carbons (Fsp3) is 0.500. The summed E-state index contributed by atoms with van der Waals surface area (Å²) in [6.07, 6.45) is 0. The molecule has 0 aromatic carbocycles. The minimum absolute atomic E-state index is 0.0616.